The summed E-state index contributed by atoms with van der Waals surface area (Å²) < 4.78 is 54.1. The largest absolute Gasteiger partial charge is 0.462 e. The molecule has 254 valence electrons. The molecular weight excluding hydrogens is 647 g/mol. The number of likely N-dealkylation sites (N-methyl/N-ethyl adjacent to an activating group) is 1. The van der Waals surface area contributed by atoms with Crippen LogP contribution in [0.2, 0.25) is 5.02 Å². The lowest BCUT2D eigenvalue weighted by Crippen LogP contribution is -2.57. The molecule has 0 spiro atoms. The van der Waals surface area contributed by atoms with Gasteiger partial charge in [-0.25, -0.2) is 11.4 Å². The molecule has 2 fully saturated rings. The lowest BCUT2D eigenvalue weighted by atomic mass is 10.0. The summed E-state index contributed by atoms with van der Waals surface area (Å²) >= 11 is 6.06. The zero-order valence-electron chi connectivity index (χ0n) is 26.6. The van der Waals surface area contributed by atoms with Crippen molar-refractivity contribution in [2.24, 2.45) is 0 Å². The van der Waals surface area contributed by atoms with Gasteiger partial charge in [0.05, 0.1) is 28.5 Å². The molecule has 0 saturated carbocycles. The minimum Gasteiger partial charge on any atom is -0.462 e. The summed E-state index contributed by atoms with van der Waals surface area (Å²) in [5.74, 6) is 0.615. The second-order valence-corrected chi connectivity index (χ2v) is 12.7. The summed E-state index contributed by atoms with van der Waals surface area (Å²) in [4.78, 5) is 33.8. The van der Waals surface area contributed by atoms with Crippen LogP contribution in [0.25, 0.3) is 4.85 Å². The van der Waals surface area contributed by atoms with E-state index in [1.165, 1.54) is 18.2 Å². The van der Waals surface area contributed by atoms with Gasteiger partial charge in [0.1, 0.15) is 25.1 Å². The first-order valence-corrected chi connectivity index (χ1v) is 16.4. The van der Waals surface area contributed by atoms with E-state index in [4.69, 9.17) is 37.6 Å². The second kappa shape index (κ2) is 14.5. The van der Waals surface area contributed by atoms with Crippen LogP contribution in [0.1, 0.15) is 35.2 Å². The number of likely N-dealkylation sites (tertiary alicyclic amines) is 1. The summed E-state index contributed by atoms with van der Waals surface area (Å²) in [6, 6.07) is 13.5. The van der Waals surface area contributed by atoms with Crippen LogP contribution in [0, 0.1) is 6.57 Å². The molecule has 2 saturated heterocycles. The number of hydrogen-bond acceptors (Lipinski definition) is 8. The fourth-order valence-corrected chi connectivity index (χ4v) is 6.97. The number of aromatic nitrogens is 2. The number of anilines is 2. The first kappa shape index (κ1) is 33.6. The Morgan fingerprint density at radius 3 is 2.58 bits per heavy atom. The molecule has 0 aliphatic carbocycles. The monoisotopic (exact) mass is 683 g/mol. The number of carbonyl (C=O) groups is 1. The van der Waals surface area contributed by atoms with Crippen LogP contribution in [-0.2, 0) is 30.5 Å². The van der Waals surface area contributed by atoms with E-state index in [9.17, 15) is 18.0 Å². The molecule has 48 heavy (non-hydrogen) atoms. The molecule has 2 atom stereocenters. The third kappa shape index (κ3) is 7.39. The summed E-state index contributed by atoms with van der Waals surface area (Å²) in [7, 11) is 2.04. The van der Waals surface area contributed by atoms with E-state index in [1.54, 1.807) is 9.80 Å². The van der Waals surface area contributed by atoms with Gasteiger partial charge in [0.15, 0.2) is 0 Å². The van der Waals surface area contributed by atoms with Gasteiger partial charge in [0, 0.05) is 37.8 Å². The molecule has 3 aliphatic heterocycles. The normalized spacial score (nSPS) is 20.0. The molecule has 3 aliphatic rings. The Morgan fingerprint density at radius 2 is 1.85 bits per heavy atom. The number of carbonyl (C=O) groups excluding carboxylic acids is 1. The number of halogens is 4. The Hall–Kier alpha value is -4.28. The van der Waals surface area contributed by atoms with Crippen LogP contribution < -0.4 is 14.5 Å². The Morgan fingerprint density at radius 1 is 1.04 bits per heavy atom. The van der Waals surface area contributed by atoms with Crippen LogP contribution in [0.5, 0.6) is 6.01 Å². The molecule has 6 rings (SSSR count). The first-order chi connectivity index (χ1) is 23.1. The average molecular weight is 684 g/mol. The molecule has 10 nitrogen and oxygen atoms in total. The van der Waals surface area contributed by atoms with E-state index < -0.39 is 23.9 Å². The number of fused-ring (bicyclic) bond motifs is 1. The van der Waals surface area contributed by atoms with Crippen molar-refractivity contribution < 1.29 is 27.4 Å². The highest BCUT2D eigenvalue weighted by atomic mass is 35.5. The van der Waals surface area contributed by atoms with Gasteiger partial charge in [-0.15, -0.1) is 0 Å². The Bertz CT molecular complexity index is 1660. The lowest BCUT2D eigenvalue weighted by Gasteiger charge is -2.41. The summed E-state index contributed by atoms with van der Waals surface area (Å²) in [6.45, 7) is 10.6. The number of rotatable bonds is 8. The van der Waals surface area contributed by atoms with Crippen molar-refractivity contribution in [3.63, 3.8) is 0 Å². The zero-order valence-corrected chi connectivity index (χ0v) is 27.4. The molecule has 1 aromatic heterocycles. The van der Waals surface area contributed by atoms with Crippen LogP contribution in [0.4, 0.5) is 29.5 Å². The van der Waals surface area contributed by atoms with E-state index in [2.05, 4.69) is 9.74 Å². The van der Waals surface area contributed by atoms with Crippen molar-refractivity contribution in [1.82, 2.24) is 19.8 Å². The molecule has 4 heterocycles. The number of nitrogens with zero attached hydrogens (tertiary/aromatic N) is 7. The highest BCUT2D eigenvalue weighted by molar-refractivity contribution is 6.31. The number of piperazine rings is 1. The lowest BCUT2D eigenvalue weighted by molar-refractivity contribution is -0.137. The minimum atomic E-state index is -4.63. The molecule has 1 amide bonds. The summed E-state index contributed by atoms with van der Waals surface area (Å²) in [5, 5.41) is -0.357. The van der Waals surface area contributed by atoms with E-state index in [0.29, 0.717) is 44.2 Å². The number of hydrogen-bond donors (Lipinski definition) is 0. The van der Waals surface area contributed by atoms with Gasteiger partial charge in [0.25, 0.3) is 0 Å². The predicted octanol–water partition coefficient (Wildman–Crippen LogP) is 5.93. The number of benzene rings is 2. The van der Waals surface area contributed by atoms with Crippen molar-refractivity contribution in [1.29, 1.82) is 0 Å². The van der Waals surface area contributed by atoms with Crippen LogP contribution >= 0.6 is 11.6 Å². The fourth-order valence-electron chi connectivity index (χ4n) is 6.69. The van der Waals surface area contributed by atoms with Crippen molar-refractivity contribution in [3.05, 3.63) is 87.4 Å². The Kier molecular flexibility index (Phi) is 10.1. The highest BCUT2D eigenvalue weighted by Crippen LogP contribution is 2.43. The van der Waals surface area contributed by atoms with E-state index in [0.717, 1.165) is 30.5 Å². The molecular formula is C34H37ClF3N7O3. The van der Waals surface area contributed by atoms with Gasteiger partial charge in [-0.05, 0) is 50.6 Å². The maximum Gasteiger partial charge on any atom is 0.419 e. The van der Waals surface area contributed by atoms with E-state index in [-0.39, 0.29) is 49.0 Å². The molecule has 0 bridgehead atoms. The SMILES string of the molecule is [C-]#[N+]C[C@H]1CN(c2nc(OC[C@H]3CCCN3C)nc3c2CCN(c2cccc(Cl)c2C(F)(F)F)C3)CCN1C(=O)OCc1ccccc1. The molecule has 14 heteroatoms. The second-order valence-electron chi connectivity index (χ2n) is 12.3. The number of alkyl halides is 3. The molecule has 0 N–H and O–H groups in total. The van der Waals surface area contributed by atoms with Gasteiger partial charge >= 0.3 is 18.3 Å². The van der Waals surface area contributed by atoms with Gasteiger partial charge in [0.2, 0.25) is 6.54 Å². The van der Waals surface area contributed by atoms with Crippen LogP contribution in [-0.4, -0.2) is 90.9 Å². The molecule has 3 aromatic rings. The van der Waals surface area contributed by atoms with Crippen molar-refractivity contribution in [3.8, 4) is 6.01 Å². The summed E-state index contributed by atoms with van der Waals surface area (Å²) in [6.07, 6.45) is -2.69. The third-order valence-corrected chi connectivity index (χ3v) is 9.55. The zero-order chi connectivity index (χ0) is 33.8. The molecule has 2 aromatic carbocycles. The van der Waals surface area contributed by atoms with Crippen LogP contribution in [0.15, 0.2) is 48.5 Å². The minimum absolute atomic E-state index is 0.00406. The average Bonchev–Trinajstić information content (AvgIpc) is 3.49. The fraction of sp³-hybridized carbons (Fsp3) is 0.471. The topological polar surface area (TPSA) is 78.6 Å². The van der Waals surface area contributed by atoms with Gasteiger partial charge in [-0.2, -0.15) is 23.1 Å². The van der Waals surface area contributed by atoms with Crippen molar-refractivity contribution in [2.75, 3.05) is 62.7 Å². The van der Waals surface area contributed by atoms with Crippen molar-refractivity contribution in [2.45, 2.75) is 50.7 Å². The Labute approximate surface area is 282 Å². The van der Waals surface area contributed by atoms with E-state index >= 15 is 0 Å². The standard InChI is InChI=1S/C34H37ClF3N7O3/c1-39-18-25-19-44(16-17-45(25)33(46)48-21-23-8-4-3-5-9-23)31-26-13-15-43(29-12-6-11-27(35)30(29)34(36,37)38)20-28(26)40-32(41-31)47-22-24-10-7-14-42(24)2/h3-6,8-9,11-12,24-25H,7,10,13-22H2,2H3/t24-,25+/m1/s1. The first-order valence-electron chi connectivity index (χ1n) is 16.0. The maximum absolute atomic E-state index is 14.1. The smallest absolute Gasteiger partial charge is 0.419 e. The number of ether oxygens (including phenoxy) is 2. The maximum atomic E-state index is 14.1. The molecule has 0 unspecified atom stereocenters. The quantitative estimate of drug-likeness (QED) is 0.271. The van der Waals surface area contributed by atoms with Crippen molar-refractivity contribution >= 4 is 29.2 Å². The Balaban J connectivity index is 1.27. The third-order valence-electron chi connectivity index (χ3n) is 9.24. The highest BCUT2D eigenvalue weighted by Gasteiger charge is 2.40. The van der Waals surface area contributed by atoms with Gasteiger partial charge in [-0.1, -0.05) is 48.0 Å². The summed E-state index contributed by atoms with van der Waals surface area (Å²) in [5.41, 5.74) is 1.37. The predicted molar refractivity (Wildman–Crippen MR) is 175 cm³/mol. The van der Waals surface area contributed by atoms with Gasteiger partial charge < -0.3 is 29.0 Å². The van der Waals surface area contributed by atoms with Gasteiger partial charge in [-0.3, -0.25) is 4.90 Å². The van der Waals surface area contributed by atoms with Crippen LogP contribution in [0.3, 0.4) is 0 Å². The van der Waals surface area contributed by atoms with E-state index in [1.807, 2.05) is 42.3 Å². The number of amides is 1. The molecule has 0 radical (unpaired) electrons.